The molecule has 6 rings (SSSR count). The van der Waals surface area contributed by atoms with Crippen molar-refractivity contribution in [3.8, 4) is 23.0 Å². The number of aromatic nitrogens is 1. The van der Waals surface area contributed by atoms with E-state index in [1.54, 1.807) is 41.3 Å². The minimum atomic E-state index is -4.56. The topological polar surface area (TPSA) is 82.6 Å². The molecule has 0 saturated carbocycles. The van der Waals surface area contributed by atoms with Gasteiger partial charge in [0.1, 0.15) is 11.9 Å². The van der Waals surface area contributed by atoms with E-state index in [-0.39, 0.29) is 36.5 Å². The summed E-state index contributed by atoms with van der Waals surface area (Å²) >= 11 is 6.03. The van der Waals surface area contributed by atoms with E-state index in [1.807, 2.05) is 6.07 Å². The number of rotatable bonds is 4. The third-order valence-corrected chi connectivity index (χ3v) is 8.63. The molecular formula is C33H28ClF3N4O3. The van der Waals surface area contributed by atoms with Crippen LogP contribution in [0.15, 0.2) is 54.7 Å². The number of alkyl halides is 3. The average molecular weight is 621 g/mol. The molecule has 226 valence electrons. The van der Waals surface area contributed by atoms with Gasteiger partial charge in [-0.3, -0.25) is 19.7 Å². The first-order valence-electron chi connectivity index (χ1n) is 14.4. The van der Waals surface area contributed by atoms with Gasteiger partial charge in [-0.2, -0.15) is 13.2 Å². The average Bonchev–Trinajstić information content (AvgIpc) is 3.32. The van der Waals surface area contributed by atoms with Gasteiger partial charge in [-0.15, -0.1) is 0 Å². The molecular weight excluding hydrogens is 593 g/mol. The first-order chi connectivity index (χ1) is 21.1. The molecule has 3 aliphatic heterocycles. The van der Waals surface area contributed by atoms with Crippen LogP contribution in [0.3, 0.4) is 0 Å². The van der Waals surface area contributed by atoms with Crippen LogP contribution in [0, 0.1) is 17.8 Å². The van der Waals surface area contributed by atoms with Crippen molar-refractivity contribution in [3.05, 3.63) is 82.0 Å². The van der Waals surface area contributed by atoms with Crippen LogP contribution in [0.5, 0.6) is 0 Å². The Morgan fingerprint density at radius 1 is 1.00 bits per heavy atom. The molecule has 0 spiro atoms. The van der Waals surface area contributed by atoms with Gasteiger partial charge in [-0.05, 0) is 72.7 Å². The molecule has 2 fully saturated rings. The third kappa shape index (κ3) is 6.15. The molecule has 1 aromatic heterocycles. The lowest BCUT2D eigenvalue weighted by molar-refractivity contribution is -0.138. The normalized spacial score (nSPS) is 19.0. The monoisotopic (exact) mass is 620 g/mol. The number of piperidine rings is 2. The molecule has 0 aliphatic carbocycles. The van der Waals surface area contributed by atoms with Crippen LogP contribution in [0.25, 0.3) is 11.1 Å². The second-order valence-corrected chi connectivity index (χ2v) is 11.7. The van der Waals surface area contributed by atoms with E-state index in [9.17, 15) is 27.6 Å². The van der Waals surface area contributed by atoms with Crippen LogP contribution in [-0.2, 0) is 22.3 Å². The Labute approximate surface area is 257 Å². The second-order valence-electron chi connectivity index (χ2n) is 11.3. The minimum Gasteiger partial charge on any atom is -0.356 e. The van der Waals surface area contributed by atoms with Gasteiger partial charge in [0.15, 0.2) is 0 Å². The van der Waals surface area contributed by atoms with E-state index >= 15 is 0 Å². The zero-order chi connectivity index (χ0) is 31.0. The number of carbonyl (C=O) groups excluding carboxylic acids is 3. The number of hydrogen-bond donors (Lipinski definition) is 1. The number of anilines is 1. The highest BCUT2D eigenvalue weighted by atomic mass is 35.5. The molecule has 3 amide bonds. The summed E-state index contributed by atoms with van der Waals surface area (Å²) in [4.78, 5) is 44.1. The number of fused-ring (bicyclic) bond motifs is 1. The van der Waals surface area contributed by atoms with Crippen molar-refractivity contribution < 1.29 is 27.6 Å². The van der Waals surface area contributed by atoms with Crippen molar-refractivity contribution in [2.45, 2.75) is 50.9 Å². The molecule has 7 nitrogen and oxygen atoms in total. The Bertz CT molecular complexity index is 1710. The summed E-state index contributed by atoms with van der Waals surface area (Å²) in [6, 6.07) is 12.5. The summed E-state index contributed by atoms with van der Waals surface area (Å²) in [7, 11) is 0. The molecule has 44 heavy (non-hydrogen) atoms. The van der Waals surface area contributed by atoms with Crippen LogP contribution < -0.4 is 10.2 Å². The van der Waals surface area contributed by atoms with Gasteiger partial charge in [-0.1, -0.05) is 35.6 Å². The number of nitrogens with zero attached hydrogens (tertiary/aromatic N) is 3. The number of nitrogens with one attached hydrogen (secondary N) is 1. The summed E-state index contributed by atoms with van der Waals surface area (Å²) < 4.78 is 42.2. The van der Waals surface area contributed by atoms with E-state index in [2.05, 4.69) is 22.1 Å². The lowest BCUT2D eigenvalue weighted by Gasteiger charge is -2.33. The largest absolute Gasteiger partial charge is 0.419 e. The molecule has 1 atom stereocenters. The fourth-order valence-electron chi connectivity index (χ4n) is 6.04. The Kier molecular flexibility index (Phi) is 8.08. The van der Waals surface area contributed by atoms with Gasteiger partial charge in [0, 0.05) is 60.4 Å². The molecule has 0 bridgehead atoms. The summed E-state index contributed by atoms with van der Waals surface area (Å²) in [6.45, 7) is 1.16. The van der Waals surface area contributed by atoms with Crippen LogP contribution in [0.4, 0.5) is 19.0 Å². The zero-order valence-corrected chi connectivity index (χ0v) is 24.3. The van der Waals surface area contributed by atoms with E-state index in [0.717, 1.165) is 17.2 Å². The molecule has 1 N–H and O–H groups in total. The van der Waals surface area contributed by atoms with E-state index in [4.69, 9.17) is 11.6 Å². The molecule has 2 aromatic carbocycles. The van der Waals surface area contributed by atoms with Crippen LogP contribution in [-0.4, -0.2) is 46.7 Å². The highest BCUT2D eigenvalue weighted by molar-refractivity contribution is 6.30. The molecule has 2 saturated heterocycles. The van der Waals surface area contributed by atoms with Crippen molar-refractivity contribution in [1.82, 2.24) is 15.2 Å². The maximum absolute atomic E-state index is 14.1. The number of pyridine rings is 1. The Balaban J connectivity index is 1.08. The van der Waals surface area contributed by atoms with Gasteiger partial charge in [0.05, 0.1) is 5.56 Å². The smallest absolute Gasteiger partial charge is 0.356 e. The van der Waals surface area contributed by atoms with E-state index in [0.29, 0.717) is 60.5 Å². The quantitative estimate of drug-likeness (QED) is 0.293. The first kappa shape index (κ1) is 29.7. The standard InChI is InChI=1S/C33H28ClF3N4O3/c34-25-6-2-5-22(16-25)23-17-27(33(35,36)37)30(38-18-23)40-13-11-20(12-14-40)3-1-4-21-7-8-26-24(15-21)19-41(32(26)44)28-9-10-29(42)39-31(28)43/h2,5-8,15-18,20,28H,3,9-14,19H2,(H,39,42,43). The van der Waals surface area contributed by atoms with Gasteiger partial charge in [-0.25, -0.2) is 4.98 Å². The summed E-state index contributed by atoms with van der Waals surface area (Å²) in [6.07, 6.45) is -0.632. The number of carbonyl (C=O) groups is 3. The number of hydrogen-bond acceptors (Lipinski definition) is 5. The number of amides is 3. The van der Waals surface area contributed by atoms with Gasteiger partial charge in [0.25, 0.3) is 5.91 Å². The molecule has 3 aromatic rings. The van der Waals surface area contributed by atoms with Gasteiger partial charge < -0.3 is 9.80 Å². The molecule has 3 aliphatic rings. The minimum absolute atomic E-state index is 0.0631. The fraction of sp³-hybridized carbons (Fsp3) is 0.333. The van der Waals surface area contributed by atoms with Crippen LogP contribution in [0.2, 0.25) is 5.02 Å². The molecule has 11 heteroatoms. The van der Waals surface area contributed by atoms with Crippen molar-refractivity contribution in [2.75, 3.05) is 18.0 Å². The predicted octanol–water partition coefficient (Wildman–Crippen LogP) is 5.84. The highest BCUT2D eigenvalue weighted by Crippen LogP contribution is 2.39. The summed E-state index contributed by atoms with van der Waals surface area (Å²) in [5, 5.41) is 2.74. The lowest BCUT2D eigenvalue weighted by atomic mass is 9.93. The maximum Gasteiger partial charge on any atom is 0.419 e. The van der Waals surface area contributed by atoms with Crippen molar-refractivity contribution in [2.24, 2.45) is 5.92 Å². The van der Waals surface area contributed by atoms with Crippen LogP contribution in [0.1, 0.15) is 59.2 Å². The zero-order valence-electron chi connectivity index (χ0n) is 23.6. The third-order valence-electron chi connectivity index (χ3n) is 8.39. The molecule has 1 unspecified atom stereocenters. The fourth-order valence-corrected chi connectivity index (χ4v) is 6.23. The van der Waals surface area contributed by atoms with Gasteiger partial charge >= 0.3 is 6.18 Å². The molecule has 0 radical (unpaired) electrons. The lowest BCUT2D eigenvalue weighted by Crippen LogP contribution is -2.52. The van der Waals surface area contributed by atoms with Crippen molar-refractivity contribution in [3.63, 3.8) is 0 Å². The number of benzene rings is 2. The summed E-state index contributed by atoms with van der Waals surface area (Å²) in [5.41, 5.74) is 2.22. The van der Waals surface area contributed by atoms with Crippen molar-refractivity contribution in [1.29, 1.82) is 0 Å². The van der Waals surface area contributed by atoms with Crippen LogP contribution >= 0.6 is 11.6 Å². The summed E-state index contributed by atoms with van der Waals surface area (Å²) in [5.74, 6) is 5.52. The molecule has 4 heterocycles. The van der Waals surface area contributed by atoms with E-state index in [1.165, 1.54) is 11.1 Å². The Hall–Kier alpha value is -4.36. The number of imide groups is 1. The second kappa shape index (κ2) is 12.0. The SMILES string of the molecule is O=C1CCC(N2Cc3cc(C#CCC4CCN(c5ncc(-c6cccc(Cl)c6)cc5C(F)(F)F)CC4)ccc3C2=O)C(=O)N1. The first-order valence-corrected chi connectivity index (χ1v) is 14.8. The van der Waals surface area contributed by atoms with Gasteiger partial charge in [0.2, 0.25) is 11.8 Å². The highest BCUT2D eigenvalue weighted by Gasteiger charge is 2.39. The Morgan fingerprint density at radius 3 is 2.52 bits per heavy atom. The number of halogens is 4. The van der Waals surface area contributed by atoms with E-state index < -0.39 is 23.7 Å². The maximum atomic E-state index is 14.1. The predicted molar refractivity (Wildman–Crippen MR) is 159 cm³/mol. The van der Waals surface area contributed by atoms with Crippen molar-refractivity contribution >= 4 is 35.1 Å². The Morgan fingerprint density at radius 2 is 1.80 bits per heavy atom.